The van der Waals surface area contributed by atoms with Crippen LogP contribution in [-0.4, -0.2) is 34.1 Å². The summed E-state index contributed by atoms with van der Waals surface area (Å²) in [5, 5.41) is 9.04. The zero-order valence-electron chi connectivity index (χ0n) is 10.3. The minimum atomic E-state index is -0.778. The molecule has 6 nitrogen and oxygen atoms in total. The highest BCUT2D eigenvalue weighted by molar-refractivity contribution is 5.71. The fourth-order valence-corrected chi connectivity index (χ4v) is 2.21. The van der Waals surface area contributed by atoms with Crippen molar-refractivity contribution in [1.29, 1.82) is 0 Å². The van der Waals surface area contributed by atoms with Crippen molar-refractivity contribution >= 4 is 11.8 Å². The first-order valence-electron chi connectivity index (χ1n) is 6.18. The maximum Gasteiger partial charge on any atom is 0.308 e. The Morgan fingerprint density at radius 2 is 2.44 bits per heavy atom. The topological polar surface area (TPSA) is 86.3 Å². The number of hydrogen-bond donors (Lipinski definition) is 2. The van der Waals surface area contributed by atoms with Crippen LogP contribution in [0.1, 0.15) is 25.6 Å². The number of rotatable bonds is 3. The van der Waals surface area contributed by atoms with Crippen LogP contribution in [0.4, 0.5) is 5.82 Å². The Labute approximate surface area is 105 Å². The molecular weight excluding hydrogens is 234 g/mol. The fourth-order valence-electron chi connectivity index (χ4n) is 2.21. The van der Waals surface area contributed by atoms with E-state index in [1.54, 1.807) is 0 Å². The summed E-state index contributed by atoms with van der Waals surface area (Å²) in [6, 6.07) is 1.43. The Bertz CT molecular complexity index is 498. The number of aromatic nitrogens is 2. The van der Waals surface area contributed by atoms with E-state index in [9.17, 15) is 9.59 Å². The van der Waals surface area contributed by atoms with Crippen LogP contribution in [0.25, 0.3) is 0 Å². The molecule has 2 N–H and O–H groups in total. The minimum absolute atomic E-state index is 0.186. The summed E-state index contributed by atoms with van der Waals surface area (Å²) >= 11 is 0. The van der Waals surface area contributed by atoms with Crippen LogP contribution >= 0.6 is 0 Å². The molecule has 1 atom stereocenters. The number of aromatic amines is 1. The number of piperidine rings is 1. The first-order valence-corrected chi connectivity index (χ1v) is 6.18. The molecule has 1 unspecified atom stereocenters. The summed E-state index contributed by atoms with van der Waals surface area (Å²) < 4.78 is 0. The Morgan fingerprint density at radius 1 is 1.67 bits per heavy atom. The molecule has 0 saturated carbocycles. The first kappa shape index (κ1) is 12.6. The average molecular weight is 251 g/mol. The second-order valence-corrected chi connectivity index (χ2v) is 4.53. The lowest BCUT2D eigenvalue weighted by Crippen LogP contribution is -2.39. The van der Waals surface area contributed by atoms with Gasteiger partial charge in [-0.1, -0.05) is 6.92 Å². The maximum atomic E-state index is 11.5. The van der Waals surface area contributed by atoms with E-state index in [0.717, 1.165) is 13.0 Å². The van der Waals surface area contributed by atoms with Gasteiger partial charge in [0.15, 0.2) is 0 Å². The van der Waals surface area contributed by atoms with Gasteiger partial charge in [0, 0.05) is 25.6 Å². The molecule has 1 aromatic heterocycles. The first-order chi connectivity index (χ1) is 8.60. The van der Waals surface area contributed by atoms with Crippen molar-refractivity contribution in [2.24, 2.45) is 5.92 Å². The van der Waals surface area contributed by atoms with Crippen molar-refractivity contribution in [3.63, 3.8) is 0 Å². The van der Waals surface area contributed by atoms with Crippen LogP contribution < -0.4 is 10.5 Å². The van der Waals surface area contributed by atoms with Gasteiger partial charge in [-0.2, -0.15) is 0 Å². The van der Waals surface area contributed by atoms with Crippen LogP contribution in [0.15, 0.2) is 10.9 Å². The molecule has 0 amide bonds. The molecule has 1 aliphatic heterocycles. The second kappa shape index (κ2) is 5.20. The van der Waals surface area contributed by atoms with Gasteiger partial charge in [-0.3, -0.25) is 9.59 Å². The van der Waals surface area contributed by atoms with E-state index in [0.29, 0.717) is 31.0 Å². The molecule has 0 bridgehead atoms. The number of nitrogens with zero attached hydrogens (tertiary/aromatic N) is 2. The standard InChI is InChI=1S/C12H17N3O3/c1-2-9-13-10(6-11(16)14-9)15-5-3-4-8(7-15)12(17)18/h6,8H,2-5,7H2,1H3,(H,17,18)(H,13,14,16). The lowest BCUT2D eigenvalue weighted by atomic mass is 9.98. The van der Waals surface area contributed by atoms with Gasteiger partial charge in [0.1, 0.15) is 11.6 Å². The minimum Gasteiger partial charge on any atom is -0.481 e. The van der Waals surface area contributed by atoms with Crippen LogP contribution in [0, 0.1) is 5.92 Å². The van der Waals surface area contributed by atoms with Gasteiger partial charge in [-0.05, 0) is 12.8 Å². The quantitative estimate of drug-likeness (QED) is 0.823. The summed E-state index contributed by atoms with van der Waals surface area (Å²) in [6.45, 7) is 3.09. The molecule has 1 aromatic rings. The van der Waals surface area contributed by atoms with Gasteiger partial charge in [0.25, 0.3) is 5.56 Å². The summed E-state index contributed by atoms with van der Waals surface area (Å²) in [4.78, 5) is 31.4. The average Bonchev–Trinajstić information content (AvgIpc) is 2.38. The number of carboxylic acids is 1. The molecule has 1 fully saturated rings. The van der Waals surface area contributed by atoms with Crippen LogP contribution in [-0.2, 0) is 11.2 Å². The SMILES string of the molecule is CCc1nc(N2CCCC(C(=O)O)C2)cc(=O)[nH]1. The Morgan fingerprint density at radius 3 is 3.11 bits per heavy atom. The van der Waals surface area contributed by atoms with Crippen molar-refractivity contribution < 1.29 is 9.90 Å². The van der Waals surface area contributed by atoms with Gasteiger partial charge < -0.3 is 15.0 Å². The zero-order valence-corrected chi connectivity index (χ0v) is 10.3. The highest BCUT2D eigenvalue weighted by Crippen LogP contribution is 2.20. The van der Waals surface area contributed by atoms with E-state index in [4.69, 9.17) is 5.11 Å². The van der Waals surface area contributed by atoms with Crippen molar-refractivity contribution in [3.8, 4) is 0 Å². The summed E-state index contributed by atoms with van der Waals surface area (Å²) in [5.74, 6) is 0.0710. The third-order valence-electron chi connectivity index (χ3n) is 3.21. The zero-order chi connectivity index (χ0) is 13.1. The Kier molecular flexibility index (Phi) is 3.64. The summed E-state index contributed by atoms with van der Waals surface area (Å²) in [5.41, 5.74) is -0.186. The number of nitrogens with one attached hydrogen (secondary N) is 1. The molecule has 18 heavy (non-hydrogen) atoms. The van der Waals surface area contributed by atoms with Crippen molar-refractivity contribution in [2.45, 2.75) is 26.2 Å². The highest BCUT2D eigenvalue weighted by Gasteiger charge is 2.26. The molecule has 2 heterocycles. The molecule has 0 radical (unpaired) electrons. The number of hydrogen-bond acceptors (Lipinski definition) is 4. The molecule has 0 spiro atoms. The van der Waals surface area contributed by atoms with Gasteiger partial charge in [0.05, 0.1) is 5.92 Å². The third kappa shape index (κ3) is 2.69. The molecule has 98 valence electrons. The largest absolute Gasteiger partial charge is 0.481 e. The monoisotopic (exact) mass is 251 g/mol. The number of carbonyl (C=O) groups is 1. The van der Waals surface area contributed by atoms with Gasteiger partial charge >= 0.3 is 5.97 Å². The van der Waals surface area contributed by atoms with Gasteiger partial charge in [-0.15, -0.1) is 0 Å². The van der Waals surface area contributed by atoms with E-state index < -0.39 is 5.97 Å². The smallest absolute Gasteiger partial charge is 0.308 e. The number of aliphatic carboxylic acids is 1. The number of carboxylic acid groups (broad SMARTS) is 1. The normalized spacial score (nSPS) is 19.8. The van der Waals surface area contributed by atoms with Crippen molar-refractivity contribution in [1.82, 2.24) is 9.97 Å². The summed E-state index contributed by atoms with van der Waals surface area (Å²) in [7, 11) is 0. The van der Waals surface area contributed by atoms with E-state index >= 15 is 0 Å². The molecule has 1 aliphatic rings. The predicted octanol–water partition coefficient (Wildman–Crippen LogP) is 0.633. The summed E-state index contributed by atoms with van der Waals surface area (Å²) in [6.07, 6.45) is 2.15. The molecular formula is C12H17N3O3. The van der Waals surface area contributed by atoms with E-state index in [1.807, 2.05) is 11.8 Å². The van der Waals surface area contributed by atoms with Crippen LogP contribution in [0.5, 0.6) is 0 Å². The number of aryl methyl sites for hydroxylation is 1. The fraction of sp³-hybridized carbons (Fsp3) is 0.583. The lowest BCUT2D eigenvalue weighted by molar-refractivity contribution is -0.141. The number of anilines is 1. The van der Waals surface area contributed by atoms with E-state index in [1.165, 1.54) is 6.07 Å². The molecule has 1 saturated heterocycles. The van der Waals surface area contributed by atoms with Gasteiger partial charge in [0.2, 0.25) is 0 Å². The van der Waals surface area contributed by atoms with E-state index in [2.05, 4.69) is 9.97 Å². The maximum absolute atomic E-state index is 11.5. The van der Waals surface area contributed by atoms with Crippen molar-refractivity contribution in [2.75, 3.05) is 18.0 Å². The van der Waals surface area contributed by atoms with Gasteiger partial charge in [-0.25, -0.2) is 4.98 Å². The Hall–Kier alpha value is -1.85. The van der Waals surface area contributed by atoms with Crippen molar-refractivity contribution in [3.05, 3.63) is 22.2 Å². The molecule has 2 rings (SSSR count). The highest BCUT2D eigenvalue weighted by atomic mass is 16.4. The molecule has 0 aromatic carbocycles. The third-order valence-corrected chi connectivity index (χ3v) is 3.21. The van der Waals surface area contributed by atoms with Crippen LogP contribution in [0.3, 0.4) is 0 Å². The number of H-pyrrole nitrogens is 1. The van der Waals surface area contributed by atoms with E-state index in [-0.39, 0.29) is 11.5 Å². The predicted molar refractivity (Wildman–Crippen MR) is 66.8 cm³/mol. The van der Waals surface area contributed by atoms with Crippen LogP contribution in [0.2, 0.25) is 0 Å². The lowest BCUT2D eigenvalue weighted by Gasteiger charge is -2.31. The Balaban J connectivity index is 2.22. The molecule has 6 heteroatoms. The second-order valence-electron chi connectivity index (χ2n) is 4.53. The molecule has 0 aliphatic carbocycles.